The van der Waals surface area contributed by atoms with Crippen LogP contribution in [0.5, 0.6) is 0 Å². The monoisotopic (exact) mass is 498 g/mol. The molecule has 5 unspecified atom stereocenters. The quantitative estimate of drug-likeness (QED) is 0.600. The molecule has 1 aliphatic heterocycles. The SMILES string of the molecule is C[C@]12CCC3(CC1C[C@H](OC(=O)c1ccccc1)C1C4CCC(C(=O)O)[C@@]4(C)C[C@@H](O)C12)OCCO3. The molecule has 5 fully saturated rings. The Morgan fingerprint density at radius 3 is 2.42 bits per heavy atom. The van der Waals surface area contributed by atoms with Gasteiger partial charge < -0.3 is 24.4 Å². The number of carbonyl (C=O) groups excluding carboxylic acids is 1. The lowest BCUT2D eigenvalue weighted by atomic mass is 9.43. The van der Waals surface area contributed by atoms with Crippen LogP contribution in [0.1, 0.15) is 69.2 Å². The summed E-state index contributed by atoms with van der Waals surface area (Å²) in [5.41, 5.74) is -0.150. The van der Waals surface area contributed by atoms with Gasteiger partial charge in [-0.25, -0.2) is 4.79 Å². The Balaban J connectivity index is 1.38. The van der Waals surface area contributed by atoms with E-state index in [1.165, 1.54) is 0 Å². The van der Waals surface area contributed by atoms with Gasteiger partial charge in [0.25, 0.3) is 0 Å². The van der Waals surface area contributed by atoms with Crippen LogP contribution in [0.25, 0.3) is 0 Å². The standard InChI is InChI=1S/C29H38O7/c1-27-10-11-29(34-12-13-35-29)15-18(27)14-22(36-26(33)17-6-4-3-5-7-17)23-19-8-9-20(25(31)32)28(19,2)16-21(30)24(23)27/h3-7,18-24,30H,8-16H2,1-2H3,(H,31,32)/t18?,19?,20?,21-,22+,23?,24?,27+,28+/m1/s1. The Kier molecular flexibility index (Phi) is 5.78. The minimum atomic E-state index is -0.779. The Hall–Kier alpha value is -1.96. The fourth-order valence-corrected chi connectivity index (χ4v) is 9.32. The number of rotatable bonds is 3. The van der Waals surface area contributed by atoms with E-state index in [1.54, 1.807) is 12.1 Å². The highest BCUT2D eigenvalue weighted by Gasteiger charge is 2.68. The van der Waals surface area contributed by atoms with E-state index in [-0.39, 0.29) is 41.2 Å². The van der Waals surface area contributed by atoms with Crippen LogP contribution < -0.4 is 0 Å². The highest BCUT2D eigenvalue weighted by Crippen LogP contribution is 2.68. The Morgan fingerprint density at radius 1 is 1.00 bits per heavy atom. The van der Waals surface area contributed by atoms with Crippen molar-refractivity contribution in [2.75, 3.05) is 13.2 Å². The van der Waals surface area contributed by atoms with Gasteiger partial charge in [-0.2, -0.15) is 0 Å². The number of aliphatic hydroxyl groups is 1. The predicted molar refractivity (Wildman–Crippen MR) is 130 cm³/mol. The third kappa shape index (κ3) is 3.57. The summed E-state index contributed by atoms with van der Waals surface area (Å²) in [6.07, 6.45) is 3.94. The van der Waals surface area contributed by atoms with Crippen LogP contribution in [0.2, 0.25) is 0 Å². The number of carboxylic acids is 1. The van der Waals surface area contributed by atoms with Crippen molar-refractivity contribution in [2.45, 2.75) is 76.8 Å². The number of carboxylic acid groups (broad SMARTS) is 1. The molecule has 196 valence electrons. The maximum Gasteiger partial charge on any atom is 0.338 e. The van der Waals surface area contributed by atoms with E-state index in [9.17, 15) is 19.8 Å². The first-order chi connectivity index (χ1) is 17.2. The van der Waals surface area contributed by atoms with Crippen LogP contribution in [0.3, 0.4) is 0 Å². The van der Waals surface area contributed by atoms with Crippen molar-refractivity contribution in [3.8, 4) is 0 Å². The van der Waals surface area contributed by atoms with Crippen molar-refractivity contribution in [2.24, 2.45) is 40.4 Å². The summed E-state index contributed by atoms with van der Waals surface area (Å²) < 4.78 is 18.5. The molecule has 1 saturated heterocycles. The number of aliphatic hydroxyl groups excluding tert-OH is 1. The molecule has 0 aromatic heterocycles. The van der Waals surface area contributed by atoms with Gasteiger partial charge in [0.1, 0.15) is 6.10 Å². The molecule has 1 heterocycles. The maximum absolute atomic E-state index is 13.3. The summed E-state index contributed by atoms with van der Waals surface area (Å²) in [4.78, 5) is 25.5. The van der Waals surface area contributed by atoms with Gasteiger partial charge in [0.15, 0.2) is 5.79 Å². The van der Waals surface area contributed by atoms with Crippen molar-refractivity contribution < 1.29 is 34.0 Å². The zero-order valence-corrected chi connectivity index (χ0v) is 21.2. The molecule has 6 rings (SSSR count). The molecule has 4 saturated carbocycles. The van der Waals surface area contributed by atoms with Crippen molar-refractivity contribution in [1.29, 1.82) is 0 Å². The molecule has 5 aliphatic rings. The first-order valence-electron chi connectivity index (χ1n) is 13.6. The van der Waals surface area contributed by atoms with Crippen molar-refractivity contribution in [1.82, 2.24) is 0 Å². The highest BCUT2D eigenvalue weighted by molar-refractivity contribution is 5.89. The van der Waals surface area contributed by atoms with Crippen LogP contribution in [0.4, 0.5) is 0 Å². The summed E-state index contributed by atoms with van der Waals surface area (Å²) in [5, 5.41) is 21.8. The van der Waals surface area contributed by atoms with Gasteiger partial charge in [-0.3, -0.25) is 4.79 Å². The number of hydrogen-bond acceptors (Lipinski definition) is 6. The molecule has 1 spiro atoms. The molecular weight excluding hydrogens is 460 g/mol. The number of benzene rings is 1. The second-order valence-corrected chi connectivity index (χ2v) is 12.5. The van der Waals surface area contributed by atoms with E-state index >= 15 is 0 Å². The van der Waals surface area contributed by atoms with Crippen molar-refractivity contribution in [3.05, 3.63) is 35.9 Å². The second kappa shape index (κ2) is 8.53. The molecule has 0 amide bonds. The number of aliphatic carboxylic acids is 1. The second-order valence-electron chi connectivity index (χ2n) is 12.5. The lowest BCUT2D eigenvalue weighted by Crippen LogP contribution is -2.64. The summed E-state index contributed by atoms with van der Waals surface area (Å²) >= 11 is 0. The average Bonchev–Trinajstić information content (AvgIpc) is 3.44. The minimum absolute atomic E-state index is 0.0609. The molecular formula is C29H38O7. The number of carbonyl (C=O) groups is 2. The summed E-state index contributed by atoms with van der Waals surface area (Å²) in [6, 6.07) is 9.05. The lowest BCUT2D eigenvalue weighted by molar-refractivity contribution is -0.257. The first-order valence-corrected chi connectivity index (χ1v) is 13.6. The van der Waals surface area contributed by atoms with E-state index in [2.05, 4.69) is 6.92 Å². The Morgan fingerprint density at radius 2 is 1.72 bits per heavy atom. The van der Waals surface area contributed by atoms with E-state index in [4.69, 9.17) is 14.2 Å². The summed E-state index contributed by atoms with van der Waals surface area (Å²) in [6.45, 7) is 5.54. The molecule has 2 N–H and O–H groups in total. The molecule has 1 aromatic carbocycles. The van der Waals surface area contributed by atoms with E-state index in [1.807, 2.05) is 25.1 Å². The fraction of sp³-hybridized carbons (Fsp3) is 0.724. The normalized spacial score (nSPS) is 44.9. The van der Waals surface area contributed by atoms with Gasteiger partial charge in [-0.1, -0.05) is 32.0 Å². The highest BCUT2D eigenvalue weighted by atomic mass is 16.7. The Labute approximate surface area is 212 Å². The summed E-state index contributed by atoms with van der Waals surface area (Å²) in [7, 11) is 0. The topological polar surface area (TPSA) is 102 Å². The molecule has 7 nitrogen and oxygen atoms in total. The van der Waals surface area contributed by atoms with Gasteiger partial charge in [0.05, 0.1) is 30.8 Å². The lowest BCUT2D eigenvalue weighted by Gasteiger charge is -2.64. The zero-order valence-electron chi connectivity index (χ0n) is 21.2. The predicted octanol–water partition coefficient (Wildman–Crippen LogP) is 4.28. The number of hydrogen-bond donors (Lipinski definition) is 2. The smallest absolute Gasteiger partial charge is 0.338 e. The van der Waals surface area contributed by atoms with Gasteiger partial charge in [0, 0.05) is 18.8 Å². The summed E-state index contributed by atoms with van der Waals surface area (Å²) in [5.74, 6) is -2.05. The first kappa shape index (κ1) is 24.4. The van der Waals surface area contributed by atoms with Crippen LogP contribution in [0.15, 0.2) is 30.3 Å². The molecule has 1 aromatic rings. The van der Waals surface area contributed by atoms with Crippen LogP contribution in [-0.4, -0.2) is 53.4 Å². The van der Waals surface area contributed by atoms with E-state index in [0.29, 0.717) is 38.0 Å². The zero-order chi connectivity index (χ0) is 25.3. The number of esters is 1. The number of ether oxygens (including phenoxy) is 3. The van der Waals surface area contributed by atoms with Gasteiger partial charge >= 0.3 is 11.9 Å². The largest absolute Gasteiger partial charge is 0.481 e. The van der Waals surface area contributed by atoms with Gasteiger partial charge in [-0.15, -0.1) is 0 Å². The third-order valence-corrected chi connectivity index (χ3v) is 11.0. The molecule has 4 aliphatic carbocycles. The molecule has 0 radical (unpaired) electrons. The number of fused-ring (bicyclic) bond motifs is 5. The molecule has 7 heteroatoms. The van der Waals surface area contributed by atoms with E-state index in [0.717, 1.165) is 25.7 Å². The fourth-order valence-electron chi connectivity index (χ4n) is 9.32. The molecule has 0 bridgehead atoms. The van der Waals surface area contributed by atoms with Gasteiger partial charge in [0.2, 0.25) is 0 Å². The Bertz CT molecular complexity index is 1020. The van der Waals surface area contributed by atoms with Crippen LogP contribution >= 0.6 is 0 Å². The average molecular weight is 499 g/mol. The molecule has 36 heavy (non-hydrogen) atoms. The molecule has 9 atom stereocenters. The van der Waals surface area contributed by atoms with Crippen molar-refractivity contribution >= 4 is 11.9 Å². The minimum Gasteiger partial charge on any atom is -0.481 e. The van der Waals surface area contributed by atoms with Crippen molar-refractivity contribution in [3.63, 3.8) is 0 Å². The maximum atomic E-state index is 13.3. The third-order valence-electron chi connectivity index (χ3n) is 11.0. The van der Waals surface area contributed by atoms with Crippen LogP contribution in [0, 0.1) is 40.4 Å². The van der Waals surface area contributed by atoms with E-state index < -0.39 is 29.2 Å². The van der Waals surface area contributed by atoms with Gasteiger partial charge in [-0.05, 0) is 72.8 Å². The van der Waals surface area contributed by atoms with Crippen LogP contribution in [-0.2, 0) is 19.0 Å².